The number of hydrogen-bond donors (Lipinski definition) is 1. The lowest BCUT2D eigenvalue weighted by Gasteiger charge is -2.18. The maximum atomic E-state index is 12.8. The maximum absolute atomic E-state index is 12.8. The summed E-state index contributed by atoms with van der Waals surface area (Å²) in [6, 6.07) is 11.1. The van der Waals surface area contributed by atoms with Crippen LogP contribution in [0.25, 0.3) is 0 Å². The van der Waals surface area contributed by atoms with Crippen molar-refractivity contribution >= 4 is 45.0 Å². The summed E-state index contributed by atoms with van der Waals surface area (Å²) in [6.07, 6.45) is 3.83. The second-order valence-corrected chi connectivity index (χ2v) is 8.94. The van der Waals surface area contributed by atoms with Crippen LogP contribution in [0, 0.1) is 0 Å². The molecule has 1 heterocycles. The van der Waals surface area contributed by atoms with E-state index in [-0.39, 0.29) is 10.8 Å². The van der Waals surface area contributed by atoms with Gasteiger partial charge in [-0.1, -0.05) is 17.7 Å². The first-order chi connectivity index (χ1) is 12.4. The fourth-order valence-corrected chi connectivity index (χ4v) is 4.71. The molecule has 2 aromatic carbocycles. The molecule has 138 valence electrons. The van der Waals surface area contributed by atoms with Gasteiger partial charge >= 0.3 is 0 Å². The number of anilines is 1. The Labute approximate surface area is 162 Å². The number of rotatable bonds is 5. The summed E-state index contributed by atoms with van der Waals surface area (Å²) in [5.74, 6) is -0.119. The molecule has 0 unspecified atom stereocenters. The van der Waals surface area contributed by atoms with Gasteiger partial charge in [-0.15, -0.1) is 11.8 Å². The molecule has 0 atom stereocenters. The molecular weight excluding hydrogens is 392 g/mol. The number of carbonyl (C=O) groups excluding carboxylic acids is 1. The zero-order valence-corrected chi connectivity index (χ0v) is 16.6. The highest BCUT2D eigenvalue weighted by atomic mass is 35.5. The molecule has 26 heavy (non-hydrogen) atoms. The largest absolute Gasteiger partial charge is 0.339 e. The number of amides is 1. The number of nitrogens with one attached hydrogen (secondary N) is 1. The molecule has 1 aliphatic heterocycles. The van der Waals surface area contributed by atoms with Gasteiger partial charge in [0.25, 0.3) is 15.9 Å². The topological polar surface area (TPSA) is 66.5 Å². The van der Waals surface area contributed by atoms with Gasteiger partial charge in [0.15, 0.2) is 0 Å². The molecule has 1 N–H and O–H groups in total. The van der Waals surface area contributed by atoms with Gasteiger partial charge < -0.3 is 4.90 Å². The fraction of sp³-hybridized carbons (Fsp3) is 0.278. The number of hydrogen-bond acceptors (Lipinski definition) is 4. The van der Waals surface area contributed by atoms with E-state index in [1.165, 1.54) is 30.0 Å². The number of benzene rings is 2. The summed E-state index contributed by atoms with van der Waals surface area (Å²) < 4.78 is 28.0. The number of carbonyl (C=O) groups is 1. The van der Waals surface area contributed by atoms with E-state index in [9.17, 15) is 13.2 Å². The lowest BCUT2D eigenvalue weighted by molar-refractivity contribution is 0.0789. The molecule has 5 nitrogen and oxygen atoms in total. The molecule has 0 aromatic heterocycles. The molecule has 3 rings (SSSR count). The summed E-state index contributed by atoms with van der Waals surface area (Å²) in [5, 5.41) is 0.438. The van der Waals surface area contributed by atoms with E-state index in [1.54, 1.807) is 29.2 Å². The predicted octanol–water partition coefficient (Wildman–Crippen LogP) is 4.10. The number of nitrogens with zero attached hydrogens (tertiary/aromatic N) is 1. The highest BCUT2D eigenvalue weighted by Crippen LogP contribution is 2.27. The van der Waals surface area contributed by atoms with Crippen LogP contribution < -0.4 is 4.72 Å². The van der Waals surface area contributed by atoms with Crippen LogP contribution in [-0.2, 0) is 10.0 Å². The van der Waals surface area contributed by atoms with Crippen LogP contribution in [-0.4, -0.2) is 38.6 Å². The van der Waals surface area contributed by atoms with Crippen LogP contribution >= 0.6 is 23.4 Å². The monoisotopic (exact) mass is 410 g/mol. The standard InChI is InChI=1S/C18H19ClN2O3S2/c1-25-17-8-7-15(12-16(17)18(22)21-9-2-3-10-21)26(23,24)20-14-6-4-5-13(19)11-14/h4-8,11-12,20H,2-3,9-10H2,1H3. The zero-order chi connectivity index (χ0) is 18.7. The Hall–Kier alpha value is -1.70. The molecule has 1 saturated heterocycles. The molecule has 8 heteroatoms. The summed E-state index contributed by atoms with van der Waals surface area (Å²) in [5.41, 5.74) is 0.798. The number of thioether (sulfide) groups is 1. The first-order valence-corrected chi connectivity index (χ1v) is 11.2. The van der Waals surface area contributed by atoms with Crippen molar-refractivity contribution < 1.29 is 13.2 Å². The van der Waals surface area contributed by atoms with Crippen molar-refractivity contribution in [2.24, 2.45) is 0 Å². The van der Waals surface area contributed by atoms with Crippen molar-refractivity contribution in [1.82, 2.24) is 4.90 Å². The van der Waals surface area contributed by atoms with E-state index in [2.05, 4.69) is 4.72 Å². The first-order valence-electron chi connectivity index (χ1n) is 8.16. The molecule has 1 fully saturated rings. The summed E-state index contributed by atoms with van der Waals surface area (Å²) >= 11 is 7.34. The molecule has 1 aliphatic rings. The van der Waals surface area contributed by atoms with E-state index in [0.29, 0.717) is 29.4 Å². The van der Waals surface area contributed by atoms with Crippen molar-refractivity contribution in [2.45, 2.75) is 22.6 Å². The third-order valence-corrected chi connectivity index (χ3v) is 6.59. The van der Waals surface area contributed by atoms with Gasteiger partial charge in [0.1, 0.15) is 0 Å². The SMILES string of the molecule is CSc1ccc(S(=O)(=O)Nc2cccc(Cl)c2)cc1C(=O)N1CCCC1. The van der Waals surface area contributed by atoms with E-state index in [4.69, 9.17) is 11.6 Å². The Morgan fingerprint density at radius 1 is 1.15 bits per heavy atom. The van der Waals surface area contributed by atoms with Crippen LogP contribution in [0.2, 0.25) is 5.02 Å². The van der Waals surface area contributed by atoms with Gasteiger partial charge in [-0.3, -0.25) is 9.52 Å². The van der Waals surface area contributed by atoms with Gasteiger partial charge in [0.2, 0.25) is 0 Å². The lowest BCUT2D eigenvalue weighted by Crippen LogP contribution is -2.28. The Bertz CT molecular complexity index is 926. The van der Waals surface area contributed by atoms with Crippen LogP contribution in [0.3, 0.4) is 0 Å². The highest BCUT2D eigenvalue weighted by molar-refractivity contribution is 7.98. The summed E-state index contributed by atoms with van der Waals surface area (Å²) in [4.78, 5) is 15.4. The quantitative estimate of drug-likeness (QED) is 0.753. The minimum atomic E-state index is -3.82. The average Bonchev–Trinajstić information content (AvgIpc) is 3.14. The van der Waals surface area contributed by atoms with E-state index < -0.39 is 10.0 Å². The first kappa shape index (κ1) is 19.1. The second kappa shape index (κ2) is 7.90. The molecule has 0 spiro atoms. The van der Waals surface area contributed by atoms with Gasteiger partial charge in [0, 0.05) is 23.0 Å². The Morgan fingerprint density at radius 2 is 1.88 bits per heavy atom. The fourth-order valence-electron chi connectivity index (χ4n) is 2.88. The molecule has 0 aliphatic carbocycles. The Kier molecular flexibility index (Phi) is 5.79. The summed E-state index contributed by atoms with van der Waals surface area (Å²) in [7, 11) is -3.82. The van der Waals surface area contributed by atoms with Crippen LogP contribution in [0.5, 0.6) is 0 Å². The Balaban J connectivity index is 1.94. The van der Waals surface area contributed by atoms with Crippen LogP contribution in [0.15, 0.2) is 52.3 Å². The van der Waals surface area contributed by atoms with Crippen molar-refractivity contribution in [3.63, 3.8) is 0 Å². The summed E-state index contributed by atoms with van der Waals surface area (Å²) in [6.45, 7) is 1.43. The lowest BCUT2D eigenvalue weighted by atomic mass is 10.2. The van der Waals surface area contributed by atoms with Crippen LogP contribution in [0.4, 0.5) is 5.69 Å². The number of sulfonamides is 1. The third-order valence-electron chi connectivity index (χ3n) is 4.18. The minimum Gasteiger partial charge on any atom is -0.339 e. The van der Waals surface area contributed by atoms with Crippen molar-refractivity contribution in [2.75, 3.05) is 24.1 Å². The van der Waals surface area contributed by atoms with E-state index in [1.807, 2.05) is 6.26 Å². The highest BCUT2D eigenvalue weighted by Gasteiger charge is 2.24. The zero-order valence-electron chi connectivity index (χ0n) is 14.2. The van der Waals surface area contributed by atoms with Gasteiger partial charge in [0.05, 0.1) is 16.1 Å². The average molecular weight is 411 g/mol. The number of likely N-dealkylation sites (tertiary alicyclic amines) is 1. The van der Waals surface area contributed by atoms with E-state index in [0.717, 1.165) is 17.7 Å². The van der Waals surface area contributed by atoms with Crippen molar-refractivity contribution in [3.05, 3.63) is 53.1 Å². The smallest absolute Gasteiger partial charge is 0.261 e. The van der Waals surface area contributed by atoms with Crippen LogP contribution in [0.1, 0.15) is 23.2 Å². The number of halogens is 1. The van der Waals surface area contributed by atoms with Crippen molar-refractivity contribution in [3.8, 4) is 0 Å². The molecule has 0 bridgehead atoms. The maximum Gasteiger partial charge on any atom is 0.261 e. The second-order valence-electron chi connectivity index (χ2n) is 5.98. The molecule has 0 radical (unpaired) electrons. The third kappa shape index (κ3) is 4.16. The molecule has 0 saturated carbocycles. The normalized spacial score (nSPS) is 14.5. The molecular formula is C18H19ClN2O3S2. The molecule has 1 amide bonds. The van der Waals surface area contributed by atoms with Gasteiger partial charge in [-0.25, -0.2) is 8.42 Å². The van der Waals surface area contributed by atoms with E-state index >= 15 is 0 Å². The van der Waals surface area contributed by atoms with Gasteiger partial charge in [-0.05, 0) is 55.5 Å². The molecule has 2 aromatic rings. The van der Waals surface area contributed by atoms with Crippen molar-refractivity contribution in [1.29, 1.82) is 0 Å². The predicted molar refractivity (Wildman–Crippen MR) is 106 cm³/mol. The van der Waals surface area contributed by atoms with Gasteiger partial charge in [-0.2, -0.15) is 0 Å². The Morgan fingerprint density at radius 3 is 2.54 bits per heavy atom. The minimum absolute atomic E-state index is 0.0535.